The molecule has 0 aliphatic heterocycles. The maximum absolute atomic E-state index is 11.8. The first-order valence-electron chi connectivity index (χ1n) is 5.79. The summed E-state index contributed by atoms with van der Waals surface area (Å²) in [6, 6.07) is 15.7. The van der Waals surface area contributed by atoms with E-state index in [2.05, 4.69) is 5.32 Å². The molecule has 0 atom stereocenters. The summed E-state index contributed by atoms with van der Waals surface area (Å²) in [4.78, 5) is 23.6. The Bertz CT molecular complexity index is 596. The molecule has 4 heteroatoms. The van der Waals surface area contributed by atoms with Gasteiger partial charge in [-0.15, -0.1) is 0 Å². The number of halogens is 1. The van der Waals surface area contributed by atoms with Gasteiger partial charge in [-0.2, -0.15) is 0 Å². The molecule has 96 valence electrons. The van der Waals surface area contributed by atoms with E-state index in [4.69, 9.17) is 11.6 Å². The Morgan fingerprint density at radius 3 is 2.42 bits per heavy atom. The molecule has 2 rings (SSSR count). The van der Waals surface area contributed by atoms with Crippen LogP contribution in [-0.2, 0) is 11.3 Å². The number of hydrogen-bond acceptors (Lipinski definition) is 2. The Morgan fingerprint density at radius 2 is 1.74 bits per heavy atom. The van der Waals surface area contributed by atoms with Crippen molar-refractivity contribution < 1.29 is 9.59 Å². The van der Waals surface area contributed by atoms with E-state index in [1.54, 1.807) is 18.2 Å². The van der Waals surface area contributed by atoms with Gasteiger partial charge in [-0.25, -0.2) is 0 Å². The fraction of sp³-hybridized carbons (Fsp3) is 0.0667. The van der Waals surface area contributed by atoms with Gasteiger partial charge < -0.3 is 5.32 Å². The average molecular weight is 274 g/mol. The van der Waals surface area contributed by atoms with Crippen LogP contribution in [0.2, 0.25) is 5.02 Å². The Labute approximate surface area is 116 Å². The third kappa shape index (κ3) is 3.66. The van der Waals surface area contributed by atoms with Gasteiger partial charge in [0.05, 0.1) is 0 Å². The van der Waals surface area contributed by atoms with Gasteiger partial charge in [-0.3, -0.25) is 9.59 Å². The van der Waals surface area contributed by atoms with Crippen LogP contribution in [0.4, 0.5) is 0 Å². The lowest BCUT2D eigenvalue weighted by molar-refractivity contribution is -0.117. The summed E-state index contributed by atoms with van der Waals surface area (Å²) in [5.74, 6) is -1.22. The summed E-state index contributed by atoms with van der Waals surface area (Å²) in [6.45, 7) is 0.325. The summed E-state index contributed by atoms with van der Waals surface area (Å²) < 4.78 is 0. The number of carbonyl (C=O) groups is 2. The molecule has 0 bridgehead atoms. The third-order valence-corrected chi connectivity index (χ3v) is 2.82. The predicted molar refractivity (Wildman–Crippen MR) is 74.1 cm³/mol. The van der Waals surface area contributed by atoms with Gasteiger partial charge in [-0.05, 0) is 17.7 Å². The first-order chi connectivity index (χ1) is 9.16. The number of carbonyl (C=O) groups excluding carboxylic acids is 2. The van der Waals surface area contributed by atoms with Crippen molar-refractivity contribution in [1.82, 2.24) is 5.32 Å². The van der Waals surface area contributed by atoms with Gasteiger partial charge in [-0.1, -0.05) is 54.1 Å². The van der Waals surface area contributed by atoms with Gasteiger partial charge in [0.2, 0.25) is 5.78 Å². The standard InChI is InChI=1S/C15H12ClNO2/c16-13-8-4-7-12(9-13)14(18)15(19)17-10-11-5-2-1-3-6-11/h1-9H,10H2,(H,17,19). The van der Waals surface area contributed by atoms with Crippen molar-refractivity contribution in [2.75, 3.05) is 0 Å². The molecule has 1 amide bonds. The van der Waals surface area contributed by atoms with E-state index < -0.39 is 11.7 Å². The van der Waals surface area contributed by atoms with E-state index in [-0.39, 0.29) is 5.56 Å². The highest BCUT2D eigenvalue weighted by molar-refractivity contribution is 6.43. The van der Waals surface area contributed by atoms with Gasteiger partial charge in [0.1, 0.15) is 0 Å². The van der Waals surface area contributed by atoms with Gasteiger partial charge in [0.25, 0.3) is 5.91 Å². The van der Waals surface area contributed by atoms with E-state index in [1.807, 2.05) is 30.3 Å². The van der Waals surface area contributed by atoms with E-state index >= 15 is 0 Å². The first-order valence-corrected chi connectivity index (χ1v) is 6.16. The second kappa shape index (κ2) is 6.16. The minimum absolute atomic E-state index is 0.290. The van der Waals surface area contributed by atoms with Crippen LogP contribution >= 0.6 is 11.6 Å². The summed E-state index contributed by atoms with van der Waals surface area (Å²) in [7, 11) is 0. The van der Waals surface area contributed by atoms with Crippen molar-refractivity contribution >= 4 is 23.3 Å². The molecule has 19 heavy (non-hydrogen) atoms. The molecule has 1 N–H and O–H groups in total. The normalized spacial score (nSPS) is 9.95. The molecular weight excluding hydrogens is 262 g/mol. The molecule has 0 heterocycles. The highest BCUT2D eigenvalue weighted by Crippen LogP contribution is 2.11. The molecule has 0 saturated carbocycles. The zero-order valence-electron chi connectivity index (χ0n) is 10.1. The Morgan fingerprint density at radius 1 is 1.00 bits per heavy atom. The summed E-state index contributed by atoms with van der Waals surface area (Å²) >= 11 is 5.78. The predicted octanol–water partition coefficient (Wildman–Crippen LogP) is 2.84. The molecule has 0 fully saturated rings. The number of amides is 1. The van der Waals surface area contributed by atoms with Crippen LogP contribution in [0.1, 0.15) is 15.9 Å². The molecule has 0 aliphatic carbocycles. The fourth-order valence-electron chi connectivity index (χ4n) is 1.62. The molecular formula is C15H12ClNO2. The Balaban J connectivity index is 1.99. The van der Waals surface area contributed by atoms with Crippen LogP contribution in [-0.4, -0.2) is 11.7 Å². The van der Waals surface area contributed by atoms with Crippen LogP contribution in [0.3, 0.4) is 0 Å². The minimum atomic E-state index is -0.633. The fourth-order valence-corrected chi connectivity index (χ4v) is 1.81. The molecule has 0 spiro atoms. The second-order valence-corrected chi connectivity index (χ2v) is 4.44. The maximum atomic E-state index is 11.8. The van der Waals surface area contributed by atoms with Crippen molar-refractivity contribution in [3.63, 3.8) is 0 Å². The lowest BCUT2D eigenvalue weighted by Crippen LogP contribution is -2.30. The summed E-state index contributed by atoms with van der Waals surface area (Å²) in [5.41, 5.74) is 1.23. The molecule has 0 unspecified atom stereocenters. The van der Waals surface area contributed by atoms with E-state index in [9.17, 15) is 9.59 Å². The molecule has 2 aromatic rings. The monoisotopic (exact) mass is 273 g/mol. The zero-order valence-corrected chi connectivity index (χ0v) is 10.9. The highest BCUT2D eigenvalue weighted by atomic mass is 35.5. The lowest BCUT2D eigenvalue weighted by atomic mass is 10.1. The minimum Gasteiger partial charge on any atom is -0.345 e. The molecule has 0 radical (unpaired) electrons. The van der Waals surface area contributed by atoms with Gasteiger partial charge in [0.15, 0.2) is 0 Å². The first kappa shape index (κ1) is 13.3. The number of benzene rings is 2. The topological polar surface area (TPSA) is 46.2 Å². The van der Waals surface area contributed by atoms with E-state index in [0.717, 1.165) is 5.56 Å². The van der Waals surface area contributed by atoms with Crippen LogP contribution in [0.15, 0.2) is 54.6 Å². The highest BCUT2D eigenvalue weighted by Gasteiger charge is 2.15. The van der Waals surface area contributed by atoms with Crippen LogP contribution in [0, 0.1) is 0 Å². The maximum Gasteiger partial charge on any atom is 0.292 e. The Hall–Kier alpha value is -2.13. The van der Waals surface area contributed by atoms with Gasteiger partial charge >= 0.3 is 0 Å². The van der Waals surface area contributed by atoms with Crippen molar-refractivity contribution in [2.45, 2.75) is 6.54 Å². The number of hydrogen-bond donors (Lipinski definition) is 1. The SMILES string of the molecule is O=C(NCc1ccccc1)C(=O)c1cccc(Cl)c1. The number of ketones is 1. The van der Waals surface area contributed by atoms with Crippen molar-refractivity contribution in [3.8, 4) is 0 Å². The van der Waals surface area contributed by atoms with Crippen LogP contribution in [0.5, 0.6) is 0 Å². The van der Waals surface area contributed by atoms with Gasteiger partial charge in [0, 0.05) is 17.1 Å². The average Bonchev–Trinajstić information content (AvgIpc) is 2.45. The lowest BCUT2D eigenvalue weighted by Gasteiger charge is -2.04. The molecule has 0 aliphatic rings. The third-order valence-electron chi connectivity index (χ3n) is 2.59. The molecule has 3 nitrogen and oxygen atoms in total. The summed E-state index contributed by atoms with van der Waals surface area (Å²) in [5, 5.41) is 3.02. The Kier molecular flexibility index (Phi) is 4.31. The molecule has 0 aromatic heterocycles. The van der Waals surface area contributed by atoms with Crippen molar-refractivity contribution in [2.24, 2.45) is 0 Å². The molecule has 2 aromatic carbocycles. The second-order valence-electron chi connectivity index (χ2n) is 4.01. The summed E-state index contributed by atoms with van der Waals surface area (Å²) in [6.07, 6.45) is 0. The largest absolute Gasteiger partial charge is 0.345 e. The van der Waals surface area contributed by atoms with Crippen molar-refractivity contribution in [1.29, 1.82) is 0 Å². The van der Waals surface area contributed by atoms with E-state index in [0.29, 0.717) is 11.6 Å². The van der Waals surface area contributed by atoms with E-state index in [1.165, 1.54) is 6.07 Å². The smallest absolute Gasteiger partial charge is 0.292 e. The quantitative estimate of drug-likeness (QED) is 0.688. The molecule has 0 saturated heterocycles. The van der Waals surface area contributed by atoms with Crippen molar-refractivity contribution in [3.05, 3.63) is 70.7 Å². The van der Waals surface area contributed by atoms with Crippen LogP contribution < -0.4 is 5.32 Å². The number of Topliss-reactive ketones (excluding diaryl/α,β-unsaturated/α-hetero) is 1. The number of nitrogens with one attached hydrogen (secondary N) is 1. The number of rotatable bonds is 4. The zero-order chi connectivity index (χ0) is 13.7. The van der Waals surface area contributed by atoms with Crippen LogP contribution in [0.25, 0.3) is 0 Å².